The molecule has 30 heavy (non-hydrogen) atoms. The number of carbonyl (C=O) groups excluding carboxylic acids is 3. The Kier molecular flexibility index (Phi) is 9.36. The lowest BCUT2D eigenvalue weighted by atomic mass is 9.81. The number of hydrogen-bond donors (Lipinski definition) is 3. The van der Waals surface area contributed by atoms with Crippen LogP contribution in [0.2, 0.25) is 0 Å². The molecule has 0 aromatic rings. The van der Waals surface area contributed by atoms with Gasteiger partial charge in [0.25, 0.3) is 0 Å². The van der Waals surface area contributed by atoms with Crippen LogP contribution in [0.25, 0.3) is 0 Å². The van der Waals surface area contributed by atoms with Crippen molar-refractivity contribution >= 4 is 18.0 Å². The van der Waals surface area contributed by atoms with Gasteiger partial charge in [-0.3, -0.25) is 4.79 Å². The SMILES string of the molecule is CC(C)(C)OC(=O)N[C@H](C(=O)CNC[C@@H]1CCCO1)[C@@H](OC(N)=O)C1CCCCC1. The van der Waals surface area contributed by atoms with Crippen LogP contribution in [0.4, 0.5) is 9.59 Å². The number of amides is 2. The molecule has 0 aromatic heterocycles. The average molecular weight is 428 g/mol. The van der Waals surface area contributed by atoms with Crippen molar-refractivity contribution < 1.29 is 28.6 Å². The van der Waals surface area contributed by atoms with Crippen LogP contribution in [-0.4, -0.2) is 61.5 Å². The summed E-state index contributed by atoms with van der Waals surface area (Å²) in [5.41, 5.74) is 4.58. The van der Waals surface area contributed by atoms with Gasteiger partial charge in [-0.1, -0.05) is 19.3 Å². The molecule has 1 aliphatic heterocycles. The molecule has 1 heterocycles. The summed E-state index contributed by atoms with van der Waals surface area (Å²) in [4.78, 5) is 37.1. The van der Waals surface area contributed by atoms with Crippen LogP contribution in [0.5, 0.6) is 0 Å². The number of rotatable bonds is 9. The van der Waals surface area contributed by atoms with E-state index in [9.17, 15) is 14.4 Å². The van der Waals surface area contributed by atoms with Crippen molar-refractivity contribution in [1.29, 1.82) is 0 Å². The van der Waals surface area contributed by atoms with Crippen molar-refractivity contribution in [2.24, 2.45) is 11.7 Å². The van der Waals surface area contributed by atoms with Crippen molar-refractivity contribution in [2.45, 2.75) is 89.6 Å². The molecule has 2 fully saturated rings. The number of nitrogens with two attached hydrogens (primary N) is 1. The Balaban J connectivity index is 2.09. The summed E-state index contributed by atoms with van der Waals surface area (Å²) in [5.74, 6) is -0.330. The molecule has 9 nitrogen and oxygen atoms in total. The molecule has 2 rings (SSSR count). The lowest BCUT2D eigenvalue weighted by molar-refractivity contribution is -0.124. The van der Waals surface area contributed by atoms with E-state index in [2.05, 4.69) is 10.6 Å². The van der Waals surface area contributed by atoms with E-state index < -0.39 is 29.9 Å². The summed E-state index contributed by atoms with van der Waals surface area (Å²) < 4.78 is 16.3. The molecule has 3 atom stereocenters. The lowest BCUT2D eigenvalue weighted by Gasteiger charge is -2.35. The fourth-order valence-corrected chi connectivity index (χ4v) is 4.09. The van der Waals surface area contributed by atoms with E-state index in [1.807, 2.05) is 0 Å². The zero-order chi connectivity index (χ0) is 22.1. The zero-order valence-corrected chi connectivity index (χ0v) is 18.4. The highest BCUT2D eigenvalue weighted by Gasteiger charge is 2.39. The summed E-state index contributed by atoms with van der Waals surface area (Å²) in [7, 11) is 0. The molecule has 0 aromatic carbocycles. The molecule has 0 spiro atoms. The number of ether oxygens (including phenoxy) is 3. The van der Waals surface area contributed by atoms with Crippen molar-refractivity contribution in [3.63, 3.8) is 0 Å². The van der Waals surface area contributed by atoms with Crippen LogP contribution in [0.1, 0.15) is 65.7 Å². The smallest absolute Gasteiger partial charge is 0.408 e. The van der Waals surface area contributed by atoms with Gasteiger partial charge in [-0.2, -0.15) is 0 Å². The largest absolute Gasteiger partial charge is 0.444 e. The van der Waals surface area contributed by atoms with Crippen LogP contribution in [-0.2, 0) is 19.0 Å². The Morgan fingerprint density at radius 2 is 1.80 bits per heavy atom. The van der Waals surface area contributed by atoms with E-state index in [-0.39, 0.29) is 24.3 Å². The van der Waals surface area contributed by atoms with Crippen LogP contribution >= 0.6 is 0 Å². The molecule has 9 heteroatoms. The van der Waals surface area contributed by atoms with Gasteiger partial charge < -0.3 is 30.6 Å². The van der Waals surface area contributed by atoms with Crippen LogP contribution in [0, 0.1) is 5.92 Å². The Labute approximate surface area is 178 Å². The minimum Gasteiger partial charge on any atom is -0.444 e. The van der Waals surface area contributed by atoms with Crippen LogP contribution in [0.15, 0.2) is 0 Å². The quantitative estimate of drug-likeness (QED) is 0.515. The molecule has 0 radical (unpaired) electrons. The minimum absolute atomic E-state index is 0.0195. The first-order valence-electron chi connectivity index (χ1n) is 11.0. The maximum Gasteiger partial charge on any atom is 0.408 e. The van der Waals surface area contributed by atoms with E-state index in [4.69, 9.17) is 19.9 Å². The fraction of sp³-hybridized carbons (Fsp3) is 0.857. The monoisotopic (exact) mass is 427 g/mol. The minimum atomic E-state index is -1.03. The predicted octanol–water partition coefficient (Wildman–Crippen LogP) is 2.26. The molecular formula is C21H37N3O6. The topological polar surface area (TPSA) is 129 Å². The second-order valence-corrected chi connectivity index (χ2v) is 9.16. The van der Waals surface area contributed by atoms with E-state index in [0.717, 1.165) is 51.6 Å². The third-order valence-electron chi connectivity index (χ3n) is 5.41. The molecule has 2 amide bonds. The van der Waals surface area contributed by atoms with E-state index >= 15 is 0 Å². The van der Waals surface area contributed by atoms with Gasteiger partial charge in [0.15, 0.2) is 5.78 Å². The second-order valence-electron chi connectivity index (χ2n) is 9.16. The number of ketones is 1. The third-order valence-corrected chi connectivity index (χ3v) is 5.41. The third kappa shape index (κ3) is 8.47. The van der Waals surface area contributed by atoms with Gasteiger partial charge in [-0.15, -0.1) is 0 Å². The Morgan fingerprint density at radius 3 is 2.37 bits per heavy atom. The molecule has 4 N–H and O–H groups in total. The van der Waals surface area contributed by atoms with Crippen LogP contribution in [0.3, 0.4) is 0 Å². The molecule has 2 aliphatic rings. The highest BCUT2D eigenvalue weighted by Crippen LogP contribution is 2.30. The van der Waals surface area contributed by atoms with E-state index in [1.54, 1.807) is 20.8 Å². The number of nitrogens with one attached hydrogen (secondary N) is 2. The first kappa shape index (κ1) is 24.4. The summed E-state index contributed by atoms with van der Waals surface area (Å²) in [5, 5.41) is 5.74. The van der Waals surface area contributed by atoms with Crippen molar-refractivity contribution in [3.05, 3.63) is 0 Å². The molecule has 1 aliphatic carbocycles. The number of primary amides is 1. The maximum atomic E-state index is 13.1. The Hall–Kier alpha value is -1.87. The first-order chi connectivity index (χ1) is 14.2. The normalized spacial score (nSPS) is 22.2. The lowest BCUT2D eigenvalue weighted by Crippen LogP contribution is -2.56. The van der Waals surface area contributed by atoms with Gasteiger partial charge in [0, 0.05) is 13.2 Å². The summed E-state index contributed by atoms with van der Waals surface area (Å²) in [6.07, 6.45) is 4.22. The molecule has 0 bridgehead atoms. The summed E-state index contributed by atoms with van der Waals surface area (Å²) in [6, 6.07) is -1.03. The first-order valence-corrected chi connectivity index (χ1v) is 11.0. The molecule has 172 valence electrons. The summed E-state index contributed by atoms with van der Waals surface area (Å²) >= 11 is 0. The number of carbonyl (C=O) groups is 3. The van der Waals surface area contributed by atoms with Crippen molar-refractivity contribution in [1.82, 2.24) is 10.6 Å². The number of alkyl carbamates (subject to hydrolysis) is 1. The zero-order valence-electron chi connectivity index (χ0n) is 18.4. The second kappa shape index (κ2) is 11.5. The standard InChI is InChI=1S/C21H37N3O6/c1-21(2,3)30-20(27)24-17(16(25)13-23-12-15-10-7-11-28-15)18(29-19(22)26)14-8-5-4-6-9-14/h14-15,17-18,23H,4-13H2,1-3H3,(H2,22,26)(H,24,27)/t15-,17+,18-/m0/s1. The molecule has 1 saturated carbocycles. The average Bonchev–Trinajstić information content (AvgIpc) is 3.17. The summed E-state index contributed by atoms with van der Waals surface area (Å²) in [6.45, 7) is 6.53. The predicted molar refractivity (Wildman–Crippen MR) is 111 cm³/mol. The number of hydrogen-bond acceptors (Lipinski definition) is 7. The molecule has 0 unspecified atom stereocenters. The van der Waals surface area contributed by atoms with E-state index in [1.165, 1.54) is 0 Å². The van der Waals surface area contributed by atoms with Gasteiger partial charge in [0.2, 0.25) is 0 Å². The van der Waals surface area contributed by atoms with Gasteiger partial charge in [-0.05, 0) is 52.4 Å². The van der Waals surface area contributed by atoms with Gasteiger partial charge in [-0.25, -0.2) is 9.59 Å². The van der Waals surface area contributed by atoms with Gasteiger partial charge in [0.05, 0.1) is 12.6 Å². The fourth-order valence-electron chi connectivity index (χ4n) is 4.09. The van der Waals surface area contributed by atoms with Crippen molar-refractivity contribution in [3.8, 4) is 0 Å². The van der Waals surface area contributed by atoms with E-state index in [0.29, 0.717) is 6.54 Å². The maximum absolute atomic E-state index is 13.1. The highest BCUT2D eigenvalue weighted by molar-refractivity contribution is 5.90. The van der Waals surface area contributed by atoms with Gasteiger partial charge >= 0.3 is 12.2 Å². The molecular weight excluding hydrogens is 390 g/mol. The highest BCUT2D eigenvalue weighted by atomic mass is 16.6. The Morgan fingerprint density at radius 1 is 1.10 bits per heavy atom. The molecule has 1 saturated heterocycles. The van der Waals surface area contributed by atoms with Crippen LogP contribution < -0.4 is 16.4 Å². The van der Waals surface area contributed by atoms with Crippen molar-refractivity contribution in [2.75, 3.05) is 19.7 Å². The Bertz CT molecular complexity index is 580. The number of Topliss-reactive ketones (excluding diaryl/α,β-unsaturated/α-hetero) is 1. The van der Waals surface area contributed by atoms with Gasteiger partial charge in [0.1, 0.15) is 17.7 Å².